The van der Waals surface area contributed by atoms with Crippen LogP contribution in [0.25, 0.3) is 0 Å². The first kappa shape index (κ1) is 12.8. The Morgan fingerprint density at radius 2 is 2.22 bits per heavy atom. The number of allylic oxidation sites excluding steroid dienone is 2. The van der Waals surface area contributed by atoms with Gasteiger partial charge in [0.2, 0.25) is 5.90 Å². The zero-order chi connectivity index (χ0) is 13.3. The summed E-state index contributed by atoms with van der Waals surface area (Å²) >= 11 is 0. The molecule has 0 radical (unpaired) electrons. The van der Waals surface area contributed by atoms with Crippen LogP contribution in [0.2, 0.25) is 0 Å². The van der Waals surface area contributed by atoms with Gasteiger partial charge in [0.25, 0.3) is 0 Å². The average molecular weight is 246 g/mol. The van der Waals surface area contributed by atoms with Crippen molar-refractivity contribution in [3.63, 3.8) is 0 Å². The van der Waals surface area contributed by atoms with Crippen molar-refractivity contribution < 1.29 is 9.53 Å². The molecule has 1 aliphatic heterocycles. The van der Waals surface area contributed by atoms with E-state index in [0.717, 1.165) is 19.3 Å². The molecule has 1 aliphatic carbocycles. The zero-order valence-corrected chi connectivity index (χ0v) is 10.8. The van der Waals surface area contributed by atoms with E-state index in [1.54, 1.807) is 0 Å². The summed E-state index contributed by atoms with van der Waals surface area (Å²) in [6.45, 7) is 4.14. The number of hydrogen-bond donors (Lipinski definition) is 1. The molecule has 2 aliphatic rings. The van der Waals surface area contributed by atoms with Crippen molar-refractivity contribution >= 4 is 11.7 Å². The first-order valence-electron chi connectivity index (χ1n) is 6.46. The highest BCUT2D eigenvalue weighted by Gasteiger charge is 2.41. The Bertz CT molecular complexity index is 457. The van der Waals surface area contributed by atoms with E-state index in [2.05, 4.69) is 19.9 Å². The minimum absolute atomic E-state index is 0.0107. The smallest absolute Gasteiger partial charge is 0.204 e. The Morgan fingerprint density at radius 3 is 2.83 bits per heavy atom. The average Bonchev–Trinajstić information content (AvgIpc) is 2.28. The van der Waals surface area contributed by atoms with Crippen molar-refractivity contribution in [2.75, 3.05) is 0 Å². The number of nitrogens with one attached hydrogen (secondary N) is 1. The maximum atomic E-state index is 12.1. The third-order valence-electron chi connectivity index (χ3n) is 3.56. The summed E-state index contributed by atoms with van der Waals surface area (Å²) in [5, 5.41) is 17.0. The molecule has 4 heteroatoms. The second-order valence-electron chi connectivity index (χ2n) is 5.42. The Morgan fingerprint density at radius 1 is 1.50 bits per heavy atom. The van der Waals surface area contributed by atoms with Crippen LogP contribution in [0.1, 0.15) is 39.5 Å². The molecule has 1 N–H and O–H groups in total. The topological polar surface area (TPSA) is 73.9 Å². The molecule has 2 rings (SSSR count). The van der Waals surface area contributed by atoms with Crippen molar-refractivity contribution in [3.05, 3.63) is 11.3 Å². The lowest BCUT2D eigenvalue weighted by Gasteiger charge is -2.34. The van der Waals surface area contributed by atoms with Crippen molar-refractivity contribution in [2.45, 2.75) is 39.5 Å². The molecule has 0 aromatic heterocycles. The van der Waals surface area contributed by atoms with Gasteiger partial charge in [-0.1, -0.05) is 13.8 Å². The van der Waals surface area contributed by atoms with Gasteiger partial charge in [-0.05, 0) is 18.8 Å². The maximum absolute atomic E-state index is 12.1. The fourth-order valence-electron chi connectivity index (χ4n) is 2.81. The van der Waals surface area contributed by atoms with Crippen LogP contribution in [0, 0.1) is 34.5 Å². The number of ketones is 1. The molecule has 0 bridgehead atoms. The lowest BCUT2D eigenvalue weighted by Crippen LogP contribution is -2.36. The summed E-state index contributed by atoms with van der Waals surface area (Å²) in [6, 6.07) is 2.13. The highest BCUT2D eigenvalue weighted by atomic mass is 16.5. The minimum Gasteiger partial charge on any atom is -0.446 e. The van der Waals surface area contributed by atoms with E-state index in [0.29, 0.717) is 23.7 Å². The molecule has 0 fully saturated rings. The lowest BCUT2D eigenvalue weighted by molar-refractivity contribution is -0.117. The monoisotopic (exact) mass is 246 g/mol. The number of nitrogens with zero attached hydrogens (tertiary/aromatic N) is 1. The van der Waals surface area contributed by atoms with Crippen molar-refractivity contribution in [1.82, 2.24) is 0 Å². The normalized spacial score (nSPS) is 27.9. The molecule has 0 aromatic rings. The molecule has 1 heterocycles. The van der Waals surface area contributed by atoms with Gasteiger partial charge in [0.05, 0.1) is 6.07 Å². The number of ether oxygens (including phenoxy) is 1. The highest BCUT2D eigenvalue weighted by Crippen LogP contribution is 2.40. The van der Waals surface area contributed by atoms with Crippen LogP contribution < -0.4 is 0 Å². The van der Waals surface area contributed by atoms with Crippen LogP contribution in [0.3, 0.4) is 0 Å². The molecule has 0 amide bonds. The number of Topliss-reactive ketones (excluding diaryl/α,β-unsaturated/α-hetero) is 1. The van der Waals surface area contributed by atoms with Crippen molar-refractivity contribution in [2.24, 2.45) is 17.8 Å². The van der Waals surface area contributed by atoms with Crippen LogP contribution in [-0.4, -0.2) is 11.7 Å². The van der Waals surface area contributed by atoms with Gasteiger partial charge in [-0.2, -0.15) is 5.26 Å². The van der Waals surface area contributed by atoms with Crippen LogP contribution in [0.4, 0.5) is 0 Å². The van der Waals surface area contributed by atoms with E-state index >= 15 is 0 Å². The van der Waals surface area contributed by atoms with Gasteiger partial charge in [-0.25, -0.2) is 0 Å². The second kappa shape index (κ2) is 4.93. The summed E-state index contributed by atoms with van der Waals surface area (Å²) in [4.78, 5) is 12.1. The molecular formula is C14H18N2O2. The van der Waals surface area contributed by atoms with E-state index in [9.17, 15) is 10.1 Å². The van der Waals surface area contributed by atoms with Crippen LogP contribution >= 0.6 is 0 Å². The number of carbonyl (C=O) groups is 1. The van der Waals surface area contributed by atoms with Gasteiger partial charge in [-0.15, -0.1) is 0 Å². The lowest BCUT2D eigenvalue weighted by atomic mass is 9.74. The van der Waals surface area contributed by atoms with Gasteiger partial charge in [0.15, 0.2) is 5.78 Å². The Labute approximate surface area is 107 Å². The van der Waals surface area contributed by atoms with E-state index in [4.69, 9.17) is 10.1 Å². The first-order chi connectivity index (χ1) is 8.54. The largest absolute Gasteiger partial charge is 0.446 e. The third-order valence-corrected chi connectivity index (χ3v) is 3.56. The SMILES string of the molecule is CC(C)CC1C2=C(CCCC2=O)OC(=N)C1C#N. The van der Waals surface area contributed by atoms with E-state index < -0.39 is 5.92 Å². The fraction of sp³-hybridized carbons (Fsp3) is 0.643. The van der Waals surface area contributed by atoms with Gasteiger partial charge in [0.1, 0.15) is 11.7 Å². The van der Waals surface area contributed by atoms with Crippen LogP contribution in [0.5, 0.6) is 0 Å². The van der Waals surface area contributed by atoms with Gasteiger partial charge >= 0.3 is 0 Å². The summed E-state index contributed by atoms with van der Waals surface area (Å²) < 4.78 is 5.40. The number of hydrogen-bond acceptors (Lipinski definition) is 4. The Hall–Kier alpha value is -1.63. The van der Waals surface area contributed by atoms with Crippen LogP contribution in [0.15, 0.2) is 11.3 Å². The van der Waals surface area contributed by atoms with E-state index in [1.807, 2.05) is 0 Å². The predicted octanol–water partition coefficient (Wildman–Crippen LogP) is 2.80. The van der Waals surface area contributed by atoms with Gasteiger partial charge in [-0.3, -0.25) is 10.2 Å². The third kappa shape index (κ3) is 2.17. The van der Waals surface area contributed by atoms with Gasteiger partial charge < -0.3 is 4.74 Å². The molecule has 96 valence electrons. The first-order valence-corrected chi connectivity index (χ1v) is 6.46. The molecule has 2 unspecified atom stereocenters. The summed E-state index contributed by atoms with van der Waals surface area (Å²) in [5.41, 5.74) is 0.692. The van der Waals surface area contributed by atoms with E-state index in [-0.39, 0.29) is 17.6 Å². The molecule has 18 heavy (non-hydrogen) atoms. The highest BCUT2D eigenvalue weighted by molar-refractivity contribution is 6.00. The van der Waals surface area contributed by atoms with Crippen molar-refractivity contribution in [1.29, 1.82) is 10.7 Å². The standard InChI is InChI=1S/C14H18N2O2/c1-8(2)6-9-10(7-15)14(16)18-12-5-3-4-11(17)13(9)12/h8-10,16H,3-6H2,1-2H3. The predicted molar refractivity (Wildman–Crippen MR) is 66.7 cm³/mol. The molecule has 0 spiro atoms. The molecule has 0 saturated heterocycles. The Balaban J connectivity index is 2.42. The fourth-order valence-corrected chi connectivity index (χ4v) is 2.81. The van der Waals surface area contributed by atoms with Crippen LogP contribution in [-0.2, 0) is 9.53 Å². The quantitative estimate of drug-likeness (QED) is 0.814. The maximum Gasteiger partial charge on any atom is 0.204 e. The summed E-state index contributed by atoms with van der Waals surface area (Å²) in [7, 11) is 0. The molecule has 0 aromatic carbocycles. The zero-order valence-electron chi connectivity index (χ0n) is 10.8. The summed E-state index contributed by atoms with van der Waals surface area (Å²) in [5.74, 6) is 0.395. The molecule has 4 nitrogen and oxygen atoms in total. The second-order valence-corrected chi connectivity index (χ2v) is 5.42. The van der Waals surface area contributed by atoms with E-state index in [1.165, 1.54) is 0 Å². The Kier molecular flexibility index (Phi) is 3.51. The number of carbonyl (C=O) groups excluding carboxylic acids is 1. The molecular weight excluding hydrogens is 228 g/mol. The number of nitriles is 1. The molecule has 0 saturated carbocycles. The van der Waals surface area contributed by atoms with Gasteiger partial charge in [0, 0.05) is 24.3 Å². The number of rotatable bonds is 2. The molecule has 2 atom stereocenters. The van der Waals surface area contributed by atoms with Crippen molar-refractivity contribution in [3.8, 4) is 6.07 Å². The summed E-state index contributed by atoms with van der Waals surface area (Å²) in [6.07, 6.45) is 2.81. The minimum atomic E-state index is -0.604.